The number of hydrogen-bond acceptors (Lipinski definition) is 3. The minimum atomic E-state index is 1.20. The maximum Gasteiger partial charge on any atom is 0.185 e. The summed E-state index contributed by atoms with van der Waals surface area (Å²) in [5.74, 6) is 0. The average Bonchev–Trinajstić information content (AvgIpc) is 2.43. The number of rotatable bonds is 1. The van der Waals surface area contributed by atoms with Crippen molar-refractivity contribution in [2.75, 3.05) is 18.0 Å². The van der Waals surface area contributed by atoms with Crippen LogP contribution in [0.3, 0.4) is 0 Å². The number of hydrogen-bond donors (Lipinski definition) is 0. The fourth-order valence-electron chi connectivity index (χ4n) is 1.75. The molecule has 0 N–H and O–H groups in total. The van der Waals surface area contributed by atoms with Crippen LogP contribution in [0.5, 0.6) is 0 Å². The largest absolute Gasteiger partial charge is 0.348 e. The zero-order valence-corrected chi connectivity index (χ0v) is 8.94. The third-order valence-electron chi connectivity index (χ3n) is 2.49. The van der Waals surface area contributed by atoms with Gasteiger partial charge < -0.3 is 4.90 Å². The normalized spacial score (nSPS) is 18.7. The average molecular weight is 196 g/mol. The monoisotopic (exact) mass is 196 g/mol. The number of thiazole rings is 1. The Labute approximate surface area is 83.6 Å². The van der Waals surface area contributed by atoms with Crippen molar-refractivity contribution >= 4 is 16.5 Å². The Morgan fingerprint density at radius 3 is 2.46 bits per heavy atom. The lowest BCUT2D eigenvalue weighted by molar-refractivity contribution is 0.726. The van der Waals surface area contributed by atoms with E-state index in [4.69, 9.17) is 0 Å². The third-order valence-corrected chi connectivity index (χ3v) is 3.46. The van der Waals surface area contributed by atoms with E-state index in [0.717, 1.165) is 0 Å². The summed E-state index contributed by atoms with van der Waals surface area (Å²) in [5, 5.41) is 1.22. The SMILES string of the molecule is Cc1cnc(N2CCCCCC2)s1. The minimum absolute atomic E-state index is 1.20. The Hall–Kier alpha value is -0.570. The lowest BCUT2D eigenvalue weighted by atomic mass is 10.2. The Morgan fingerprint density at radius 1 is 1.23 bits per heavy atom. The van der Waals surface area contributed by atoms with Gasteiger partial charge in [-0.2, -0.15) is 0 Å². The van der Waals surface area contributed by atoms with E-state index in [-0.39, 0.29) is 0 Å². The zero-order valence-electron chi connectivity index (χ0n) is 8.12. The van der Waals surface area contributed by atoms with Crippen molar-refractivity contribution in [2.24, 2.45) is 0 Å². The van der Waals surface area contributed by atoms with E-state index in [0.29, 0.717) is 0 Å². The quantitative estimate of drug-likeness (QED) is 0.686. The van der Waals surface area contributed by atoms with E-state index < -0.39 is 0 Å². The van der Waals surface area contributed by atoms with Gasteiger partial charge in [-0.15, -0.1) is 11.3 Å². The van der Waals surface area contributed by atoms with Crippen molar-refractivity contribution in [1.82, 2.24) is 4.98 Å². The first-order valence-corrected chi connectivity index (χ1v) is 5.85. The smallest absolute Gasteiger partial charge is 0.185 e. The van der Waals surface area contributed by atoms with Crippen LogP contribution < -0.4 is 4.90 Å². The van der Waals surface area contributed by atoms with Crippen LogP contribution in [0.1, 0.15) is 30.6 Å². The molecule has 0 unspecified atom stereocenters. The van der Waals surface area contributed by atoms with Gasteiger partial charge >= 0.3 is 0 Å². The Balaban J connectivity index is 2.06. The molecule has 0 radical (unpaired) electrons. The molecule has 72 valence electrons. The lowest BCUT2D eigenvalue weighted by Gasteiger charge is -2.18. The maximum absolute atomic E-state index is 4.43. The van der Waals surface area contributed by atoms with Gasteiger partial charge in [0.1, 0.15) is 0 Å². The first-order chi connectivity index (χ1) is 6.36. The summed E-state index contributed by atoms with van der Waals surface area (Å²) in [6.07, 6.45) is 7.42. The van der Waals surface area contributed by atoms with Crippen LogP contribution in [-0.4, -0.2) is 18.1 Å². The van der Waals surface area contributed by atoms with E-state index in [9.17, 15) is 0 Å². The molecular formula is C10H16N2S. The summed E-state index contributed by atoms with van der Waals surface area (Å²) in [6.45, 7) is 4.53. The summed E-state index contributed by atoms with van der Waals surface area (Å²) in [4.78, 5) is 8.18. The first kappa shape index (κ1) is 9.00. The van der Waals surface area contributed by atoms with Crippen molar-refractivity contribution in [3.8, 4) is 0 Å². The van der Waals surface area contributed by atoms with Crippen molar-refractivity contribution < 1.29 is 0 Å². The minimum Gasteiger partial charge on any atom is -0.348 e. The van der Waals surface area contributed by atoms with Gasteiger partial charge in [0.25, 0.3) is 0 Å². The molecule has 0 amide bonds. The molecule has 0 atom stereocenters. The molecule has 0 saturated carbocycles. The second-order valence-electron chi connectivity index (χ2n) is 3.65. The molecule has 2 nitrogen and oxygen atoms in total. The molecular weight excluding hydrogens is 180 g/mol. The highest BCUT2D eigenvalue weighted by molar-refractivity contribution is 7.15. The topological polar surface area (TPSA) is 16.1 Å². The molecule has 2 heterocycles. The second kappa shape index (κ2) is 4.09. The summed E-state index contributed by atoms with van der Waals surface area (Å²) < 4.78 is 0. The molecule has 0 bridgehead atoms. The molecule has 1 aliphatic heterocycles. The molecule has 0 aromatic carbocycles. The van der Waals surface area contributed by atoms with Crippen molar-refractivity contribution in [2.45, 2.75) is 32.6 Å². The highest BCUT2D eigenvalue weighted by Crippen LogP contribution is 2.24. The Bertz CT molecular complexity index is 262. The van der Waals surface area contributed by atoms with Crippen LogP contribution in [-0.2, 0) is 0 Å². The molecule has 13 heavy (non-hydrogen) atoms. The van der Waals surface area contributed by atoms with Gasteiger partial charge in [0.2, 0.25) is 0 Å². The van der Waals surface area contributed by atoms with Crippen LogP contribution in [0.4, 0.5) is 5.13 Å². The molecule has 1 aliphatic rings. The Morgan fingerprint density at radius 2 is 1.92 bits per heavy atom. The summed E-state index contributed by atoms with van der Waals surface area (Å²) in [6, 6.07) is 0. The molecule has 0 aliphatic carbocycles. The first-order valence-electron chi connectivity index (χ1n) is 5.03. The van der Waals surface area contributed by atoms with Gasteiger partial charge in [-0.1, -0.05) is 12.8 Å². The van der Waals surface area contributed by atoms with Crippen molar-refractivity contribution in [1.29, 1.82) is 0 Å². The van der Waals surface area contributed by atoms with Crippen LogP contribution in [0.15, 0.2) is 6.20 Å². The van der Waals surface area contributed by atoms with Crippen LogP contribution in [0.2, 0.25) is 0 Å². The molecule has 1 saturated heterocycles. The second-order valence-corrected chi connectivity index (χ2v) is 4.87. The standard InChI is InChI=1S/C10H16N2S/c1-9-8-11-10(13-9)12-6-4-2-3-5-7-12/h8H,2-7H2,1H3. The predicted octanol–water partition coefficient (Wildman–Crippen LogP) is 2.83. The summed E-state index contributed by atoms with van der Waals surface area (Å²) in [7, 11) is 0. The van der Waals surface area contributed by atoms with Gasteiger partial charge in [-0.3, -0.25) is 0 Å². The molecule has 1 aromatic heterocycles. The fourth-order valence-corrected chi connectivity index (χ4v) is 2.56. The lowest BCUT2D eigenvalue weighted by Crippen LogP contribution is -2.23. The van der Waals surface area contributed by atoms with Gasteiger partial charge in [0, 0.05) is 24.2 Å². The molecule has 1 aromatic rings. The van der Waals surface area contributed by atoms with E-state index in [2.05, 4.69) is 16.8 Å². The fraction of sp³-hybridized carbons (Fsp3) is 0.700. The van der Waals surface area contributed by atoms with E-state index in [1.54, 1.807) is 0 Å². The zero-order chi connectivity index (χ0) is 9.10. The van der Waals surface area contributed by atoms with Crippen LogP contribution in [0, 0.1) is 6.92 Å². The van der Waals surface area contributed by atoms with Gasteiger partial charge in [0.15, 0.2) is 5.13 Å². The van der Waals surface area contributed by atoms with Gasteiger partial charge in [-0.25, -0.2) is 4.98 Å². The maximum atomic E-state index is 4.43. The Kier molecular flexibility index (Phi) is 2.83. The van der Waals surface area contributed by atoms with E-state index in [1.165, 1.54) is 48.8 Å². The van der Waals surface area contributed by atoms with Crippen LogP contribution >= 0.6 is 11.3 Å². The molecule has 2 rings (SSSR count). The number of aryl methyl sites for hydroxylation is 1. The number of anilines is 1. The predicted molar refractivity (Wildman–Crippen MR) is 57.5 cm³/mol. The highest BCUT2D eigenvalue weighted by Gasteiger charge is 2.11. The molecule has 1 fully saturated rings. The van der Waals surface area contributed by atoms with E-state index >= 15 is 0 Å². The summed E-state index contributed by atoms with van der Waals surface area (Å²) >= 11 is 1.82. The van der Waals surface area contributed by atoms with Crippen molar-refractivity contribution in [3.63, 3.8) is 0 Å². The summed E-state index contributed by atoms with van der Waals surface area (Å²) in [5.41, 5.74) is 0. The van der Waals surface area contributed by atoms with Crippen molar-refractivity contribution in [3.05, 3.63) is 11.1 Å². The molecule has 0 spiro atoms. The number of nitrogens with zero attached hydrogens (tertiary/aromatic N) is 2. The number of aromatic nitrogens is 1. The van der Waals surface area contributed by atoms with Gasteiger partial charge in [-0.05, 0) is 19.8 Å². The van der Waals surface area contributed by atoms with Crippen LogP contribution in [0.25, 0.3) is 0 Å². The van der Waals surface area contributed by atoms with E-state index in [1.807, 2.05) is 17.5 Å². The highest BCUT2D eigenvalue weighted by atomic mass is 32.1. The van der Waals surface area contributed by atoms with Gasteiger partial charge in [0.05, 0.1) is 0 Å². The third kappa shape index (κ3) is 2.21. The molecule has 3 heteroatoms.